The van der Waals surface area contributed by atoms with Crippen LogP contribution in [0.3, 0.4) is 0 Å². The van der Waals surface area contributed by atoms with Crippen LogP contribution in [-0.2, 0) is 0 Å². The maximum atomic E-state index is 5.78. The van der Waals surface area contributed by atoms with Crippen molar-refractivity contribution in [1.29, 1.82) is 0 Å². The molecule has 1 unspecified atom stereocenters. The summed E-state index contributed by atoms with van der Waals surface area (Å²) in [5.74, 6) is 1.45. The molecule has 0 rings (SSSR count). The summed E-state index contributed by atoms with van der Waals surface area (Å²) in [5.41, 5.74) is 6.20. The van der Waals surface area contributed by atoms with Gasteiger partial charge in [-0.05, 0) is 30.2 Å². The molecule has 0 aromatic heterocycles. The molecule has 2 N–H and O–H groups in total. The van der Waals surface area contributed by atoms with Crippen molar-refractivity contribution in [2.45, 2.75) is 47.5 Å². The van der Waals surface area contributed by atoms with Crippen molar-refractivity contribution >= 4 is 0 Å². The van der Waals surface area contributed by atoms with Crippen molar-refractivity contribution in [3.63, 3.8) is 0 Å². The van der Waals surface area contributed by atoms with Gasteiger partial charge in [0.2, 0.25) is 0 Å². The van der Waals surface area contributed by atoms with Crippen molar-refractivity contribution in [1.82, 2.24) is 0 Å². The van der Waals surface area contributed by atoms with Gasteiger partial charge in [0.25, 0.3) is 0 Å². The molecule has 0 aliphatic carbocycles. The number of hydrogen-bond acceptors (Lipinski definition) is 1. The molecule has 0 aliphatic rings. The fraction of sp³-hybridized carbons (Fsp3) is 1.00. The van der Waals surface area contributed by atoms with E-state index in [1.807, 2.05) is 0 Å². The fourth-order valence-electron chi connectivity index (χ4n) is 1.59. The molecule has 1 heteroatoms. The van der Waals surface area contributed by atoms with Crippen LogP contribution in [0.2, 0.25) is 0 Å². The first kappa shape index (κ1) is 12.0. The first-order valence-electron chi connectivity index (χ1n) is 5.14. The summed E-state index contributed by atoms with van der Waals surface area (Å²) in [7, 11) is 0. The Morgan fingerprint density at radius 3 is 2.00 bits per heavy atom. The van der Waals surface area contributed by atoms with E-state index in [0.29, 0.717) is 11.3 Å². The Morgan fingerprint density at radius 2 is 1.75 bits per heavy atom. The highest BCUT2D eigenvalue weighted by molar-refractivity contribution is 4.78. The van der Waals surface area contributed by atoms with E-state index in [1.54, 1.807) is 0 Å². The van der Waals surface area contributed by atoms with Gasteiger partial charge in [-0.15, -0.1) is 0 Å². The molecule has 0 saturated carbocycles. The van der Waals surface area contributed by atoms with Crippen LogP contribution in [0.5, 0.6) is 0 Å². The van der Waals surface area contributed by atoms with E-state index in [2.05, 4.69) is 34.6 Å². The Labute approximate surface area is 77.7 Å². The topological polar surface area (TPSA) is 26.0 Å². The highest BCUT2D eigenvalue weighted by Gasteiger charge is 2.26. The first-order chi connectivity index (χ1) is 5.44. The molecular weight excluding hydrogens is 146 g/mol. The lowest BCUT2D eigenvalue weighted by molar-refractivity contribution is 0.180. The van der Waals surface area contributed by atoms with Crippen molar-refractivity contribution in [3.8, 4) is 0 Å². The van der Waals surface area contributed by atoms with Crippen LogP contribution in [0, 0.1) is 17.3 Å². The zero-order valence-corrected chi connectivity index (χ0v) is 9.35. The monoisotopic (exact) mass is 171 g/mol. The Bertz CT molecular complexity index is 116. The summed E-state index contributed by atoms with van der Waals surface area (Å²) < 4.78 is 0. The molecular formula is C11H25N. The van der Waals surface area contributed by atoms with Gasteiger partial charge >= 0.3 is 0 Å². The van der Waals surface area contributed by atoms with Crippen LogP contribution >= 0.6 is 0 Å². The predicted molar refractivity (Wildman–Crippen MR) is 56.1 cm³/mol. The molecule has 74 valence electrons. The van der Waals surface area contributed by atoms with E-state index < -0.39 is 0 Å². The molecule has 0 spiro atoms. The average molecular weight is 171 g/mol. The molecule has 0 radical (unpaired) electrons. The Hall–Kier alpha value is -0.0400. The van der Waals surface area contributed by atoms with E-state index in [-0.39, 0.29) is 0 Å². The maximum absolute atomic E-state index is 5.78. The Balaban J connectivity index is 4.13. The molecule has 0 heterocycles. The summed E-state index contributed by atoms with van der Waals surface area (Å²) in [5, 5.41) is 0. The van der Waals surface area contributed by atoms with E-state index in [4.69, 9.17) is 5.73 Å². The van der Waals surface area contributed by atoms with Gasteiger partial charge in [0.15, 0.2) is 0 Å². The standard InChI is InChI=1S/C11H25N/c1-6-11(4,5)10(8-12)7-9(2)3/h9-10H,6-8,12H2,1-5H3. The third kappa shape index (κ3) is 3.57. The molecule has 1 atom stereocenters. The molecule has 12 heavy (non-hydrogen) atoms. The van der Waals surface area contributed by atoms with Gasteiger partial charge in [-0.3, -0.25) is 0 Å². The van der Waals surface area contributed by atoms with Gasteiger partial charge in [-0.25, -0.2) is 0 Å². The molecule has 1 nitrogen and oxygen atoms in total. The van der Waals surface area contributed by atoms with Gasteiger partial charge in [-0.2, -0.15) is 0 Å². The van der Waals surface area contributed by atoms with E-state index in [1.165, 1.54) is 12.8 Å². The normalized spacial score (nSPS) is 15.2. The van der Waals surface area contributed by atoms with Crippen molar-refractivity contribution in [2.24, 2.45) is 23.0 Å². The van der Waals surface area contributed by atoms with Crippen LogP contribution in [0.15, 0.2) is 0 Å². The Kier molecular flexibility index (Phi) is 4.84. The zero-order valence-electron chi connectivity index (χ0n) is 9.35. The van der Waals surface area contributed by atoms with Gasteiger partial charge < -0.3 is 5.73 Å². The van der Waals surface area contributed by atoms with Crippen LogP contribution in [0.1, 0.15) is 47.5 Å². The molecule has 0 aromatic carbocycles. The first-order valence-corrected chi connectivity index (χ1v) is 5.14. The maximum Gasteiger partial charge on any atom is -0.00437 e. The highest BCUT2D eigenvalue weighted by atomic mass is 14.6. The molecule has 0 amide bonds. The number of rotatable bonds is 5. The van der Waals surface area contributed by atoms with Crippen LogP contribution in [0.25, 0.3) is 0 Å². The predicted octanol–water partition coefficient (Wildman–Crippen LogP) is 3.04. The van der Waals surface area contributed by atoms with Crippen molar-refractivity contribution in [2.75, 3.05) is 6.54 Å². The minimum atomic E-state index is 0.416. The number of hydrogen-bond donors (Lipinski definition) is 1. The van der Waals surface area contributed by atoms with Crippen molar-refractivity contribution < 1.29 is 0 Å². The largest absolute Gasteiger partial charge is 0.330 e. The molecule has 0 aliphatic heterocycles. The lowest BCUT2D eigenvalue weighted by Crippen LogP contribution is -2.31. The molecule has 0 bridgehead atoms. The zero-order chi connectivity index (χ0) is 9.78. The minimum Gasteiger partial charge on any atom is -0.330 e. The van der Waals surface area contributed by atoms with E-state index >= 15 is 0 Å². The molecule has 0 fully saturated rings. The minimum absolute atomic E-state index is 0.416. The van der Waals surface area contributed by atoms with Crippen LogP contribution in [-0.4, -0.2) is 6.54 Å². The quantitative estimate of drug-likeness (QED) is 0.676. The third-order valence-electron chi connectivity index (χ3n) is 3.06. The Morgan fingerprint density at radius 1 is 1.25 bits per heavy atom. The van der Waals surface area contributed by atoms with Crippen LogP contribution < -0.4 is 5.73 Å². The third-order valence-corrected chi connectivity index (χ3v) is 3.06. The van der Waals surface area contributed by atoms with E-state index in [0.717, 1.165) is 12.5 Å². The second-order valence-corrected chi connectivity index (χ2v) is 4.90. The van der Waals surface area contributed by atoms with Gasteiger partial charge in [0.05, 0.1) is 0 Å². The second-order valence-electron chi connectivity index (χ2n) is 4.90. The SMILES string of the molecule is CCC(C)(C)C(CN)CC(C)C. The smallest absolute Gasteiger partial charge is 0.00437 e. The lowest BCUT2D eigenvalue weighted by Gasteiger charge is -2.33. The van der Waals surface area contributed by atoms with Crippen molar-refractivity contribution in [3.05, 3.63) is 0 Å². The van der Waals surface area contributed by atoms with Gasteiger partial charge in [0.1, 0.15) is 0 Å². The van der Waals surface area contributed by atoms with Gasteiger partial charge in [0, 0.05) is 0 Å². The lowest BCUT2D eigenvalue weighted by atomic mass is 9.73. The fourth-order valence-corrected chi connectivity index (χ4v) is 1.59. The summed E-state index contributed by atoms with van der Waals surface area (Å²) in [4.78, 5) is 0. The van der Waals surface area contributed by atoms with Gasteiger partial charge in [-0.1, -0.05) is 41.0 Å². The second kappa shape index (κ2) is 4.86. The average Bonchev–Trinajstić information content (AvgIpc) is 1.99. The summed E-state index contributed by atoms with van der Waals surface area (Å²) in [6.45, 7) is 12.3. The summed E-state index contributed by atoms with van der Waals surface area (Å²) >= 11 is 0. The summed E-state index contributed by atoms with van der Waals surface area (Å²) in [6.07, 6.45) is 2.49. The van der Waals surface area contributed by atoms with E-state index in [9.17, 15) is 0 Å². The highest BCUT2D eigenvalue weighted by Crippen LogP contribution is 2.33. The van der Waals surface area contributed by atoms with Crippen LogP contribution in [0.4, 0.5) is 0 Å². The number of nitrogens with two attached hydrogens (primary N) is 1. The molecule has 0 saturated heterocycles. The molecule has 0 aromatic rings. The summed E-state index contributed by atoms with van der Waals surface area (Å²) in [6, 6.07) is 0.